The van der Waals surface area contributed by atoms with E-state index in [9.17, 15) is 19.7 Å². The smallest absolute Gasteiger partial charge is 0.297 e. The molecule has 0 bridgehead atoms. The van der Waals surface area contributed by atoms with Crippen LogP contribution in [0, 0.1) is 24.0 Å². The molecular weight excluding hydrogens is 418 g/mol. The number of aryl methyl sites for hydroxylation is 2. The first kappa shape index (κ1) is 19.1. The van der Waals surface area contributed by atoms with Gasteiger partial charge in [-0.25, -0.2) is 4.98 Å². The highest BCUT2D eigenvalue weighted by molar-refractivity contribution is 7.15. The van der Waals surface area contributed by atoms with E-state index in [-0.39, 0.29) is 22.4 Å². The number of aromatic nitrogens is 1. The number of amides is 1. The van der Waals surface area contributed by atoms with Gasteiger partial charge in [0.25, 0.3) is 11.6 Å². The van der Waals surface area contributed by atoms with Gasteiger partial charge in [0.1, 0.15) is 5.58 Å². The number of benzene rings is 2. The fraction of sp³-hybridized carbons (Fsp3) is 0.136. The summed E-state index contributed by atoms with van der Waals surface area (Å²) >= 11 is 1.34. The Bertz CT molecular complexity index is 1420. The van der Waals surface area contributed by atoms with E-state index in [0.29, 0.717) is 21.7 Å². The van der Waals surface area contributed by atoms with Crippen LogP contribution in [0.4, 0.5) is 10.8 Å². The summed E-state index contributed by atoms with van der Waals surface area (Å²) in [7, 11) is 0. The molecule has 2 aromatic heterocycles. The van der Waals surface area contributed by atoms with Gasteiger partial charge in [-0.05, 0) is 43.7 Å². The van der Waals surface area contributed by atoms with Crippen LogP contribution >= 0.6 is 11.3 Å². The number of para-hydroxylation sites is 1. The molecule has 0 spiro atoms. The van der Waals surface area contributed by atoms with E-state index in [0.717, 1.165) is 10.6 Å². The average molecular weight is 433 g/mol. The number of hydrogen-bond acceptors (Lipinski definition) is 7. The van der Waals surface area contributed by atoms with Gasteiger partial charge < -0.3 is 4.42 Å². The molecule has 0 aliphatic carbocycles. The van der Waals surface area contributed by atoms with Crippen molar-refractivity contribution < 1.29 is 14.1 Å². The number of fused-ring (bicyclic) bond motifs is 2. The third-order valence-corrected chi connectivity index (χ3v) is 6.49. The number of anilines is 1. The molecule has 8 nitrogen and oxygen atoms in total. The number of carbonyl (C=O) groups is 1. The zero-order valence-electron chi connectivity index (χ0n) is 16.5. The van der Waals surface area contributed by atoms with Gasteiger partial charge in [0.05, 0.1) is 27.6 Å². The Kier molecular flexibility index (Phi) is 4.23. The van der Waals surface area contributed by atoms with Crippen molar-refractivity contribution in [1.82, 2.24) is 4.98 Å². The van der Waals surface area contributed by atoms with Gasteiger partial charge in [-0.3, -0.25) is 24.6 Å². The molecule has 0 saturated carbocycles. The van der Waals surface area contributed by atoms with Gasteiger partial charge in [-0.2, -0.15) is 0 Å². The zero-order chi connectivity index (χ0) is 21.9. The number of nitrogens with zero attached hydrogens (tertiary/aromatic N) is 3. The minimum absolute atomic E-state index is 0.0300. The minimum Gasteiger partial charge on any atom is -0.450 e. The van der Waals surface area contributed by atoms with Crippen molar-refractivity contribution in [3.63, 3.8) is 0 Å². The van der Waals surface area contributed by atoms with Crippen molar-refractivity contribution >= 4 is 39.0 Å². The van der Waals surface area contributed by atoms with Crippen LogP contribution in [0.5, 0.6) is 0 Å². The lowest BCUT2D eigenvalue weighted by atomic mass is 9.98. The maximum absolute atomic E-state index is 13.4. The third kappa shape index (κ3) is 2.85. The largest absolute Gasteiger partial charge is 0.450 e. The predicted octanol–water partition coefficient (Wildman–Crippen LogP) is 4.52. The standard InChI is InChI=1S/C22H15N3O5S/c1-11-12(2)31-22(23-11)24-18(13-7-9-14(10-8-13)25(28)29)17-19(26)15-5-3-4-6-16(15)30-20(17)21(24)27/h3-10,18H,1-2H3/t18-/m1/s1. The summed E-state index contributed by atoms with van der Waals surface area (Å²) < 4.78 is 5.88. The topological polar surface area (TPSA) is 107 Å². The molecule has 0 saturated heterocycles. The first-order chi connectivity index (χ1) is 14.9. The molecular formula is C22H15N3O5S. The van der Waals surface area contributed by atoms with E-state index >= 15 is 0 Å². The van der Waals surface area contributed by atoms with E-state index in [1.165, 1.54) is 28.4 Å². The van der Waals surface area contributed by atoms with Crippen LogP contribution in [0.2, 0.25) is 0 Å². The average Bonchev–Trinajstić information content (AvgIpc) is 3.24. The fourth-order valence-corrected chi connectivity index (χ4v) is 4.71. The van der Waals surface area contributed by atoms with Gasteiger partial charge in [0.15, 0.2) is 10.6 Å². The van der Waals surface area contributed by atoms with Gasteiger partial charge in [-0.15, -0.1) is 11.3 Å². The maximum Gasteiger partial charge on any atom is 0.297 e. The molecule has 1 aliphatic heterocycles. The van der Waals surface area contributed by atoms with E-state index in [1.807, 2.05) is 13.8 Å². The number of nitro benzene ring substituents is 1. The lowest BCUT2D eigenvalue weighted by Crippen LogP contribution is -2.29. The second kappa shape index (κ2) is 6.85. The van der Waals surface area contributed by atoms with Crippen molar-refractivity contribution in [2.45, 2.75) is 19.9 Å². The molecule has 0 fully saturated rings. The highest BCUT2D eigenvalue weighted by atomic mass is 32.1. The van der Waals surface area contributed by atoms with Crippen molar-refractivity contribution in [2.24, 2.45) is 0 Å². The number of carbonyl (C=O) groups excluding carboxylic acids is 1. The van der Waals surface area contributed by atoms with E-state index in [2.05, 4.69) is 4.98 Å². The SMILES string of the molecule is Cc1nc(N2C(=O)c3oc4ccccc4c(=O)c3[C@H]2c2ccc([N+](=O)[O-])cc2)sc1C. The van der Waals surface area contributed by atoms with Crippen molar-refractivity contribution in [3.8, 4) is 0 Å². The molecule has 31 heavy (non-hydrogen) atoms. The highest BCUT2D eigenvalue weighted by Gasteiger charge is 2.45. The third-order valence-electron chi connectivity index (χ3n) is 5.42. The molecule has 1 atom stereocenters. The summed E-state index contributed by atoms with van der Waals surface area (Å²) in [5, 5.41) is 11.9. The summed E-state index contributed by atoms with van der Waals surface area (Å²) in [6.45, 7) is 3.75. The second-order valence-corrected chi connectivity index (χ2v) is 8.42. The summed E-state index contributed by atoms with van der Waals surface area (Å²) in [5.74, 6) is -0.493. The number of rotatable bonds is 3. The van der Waals surface area contributed by atoms with Crippen LogP contribution in [0.15, 0.2) is 57.7 Å². The van der Waals surface area contributed by atoms with Crippen LogP contribution < -0.4 is 10.3 Å². The molecule has 9 heteroatoms. The molecule has 0 unspecified atom stereocenters. The van der Waals surface area contributed by atoms with Gasteiger partial charge in [-0.1, -0.05) is 12.1 Å². The Morgan fingerprint density at radius 1 is 1.10 bits per heavy atom. The van der Waals surface area contributed by atoms with Gasteiger partial charge in [0, 0.05) is 17.0 Å². The molecule has 3 heterocycles. The normalized spacial score (nSPS) is 15.5. The first-order valence-electron chi connectivity index (χ1n) is 9.44. The molecule has 2 aromatic carbocycles. The Labute approximate surface area is 179 Å². The van der Waals surface area contributed by atoms with E-state index in [4.69, 9.17) is 4.42 Å². The predicted molar refractivity (Wildman–Crippen MR) is 116 cm³/mol. The minimum atomic E-state index is -0.797. The van der Waals surface area contributed by atoms with Crippen LogP contribution in [0.1, 0.15) is 38.3 Å². The monoisotopic (exact) mass is 433 g/mol. The summed E-state index contributed by atoms with van der Waals surface area (Å²) in [6, 6.07) is 11.8. The van der Waals surface area contributed by atoms with Crippen molar-refractivity contribution in [3.05, 3.63) is 96.3 Å². The Balaban J connectivity index is 1.79. The van der Waals surface area contributed by atoms with Crippen LogP contribution in [-0.2, 0) is 0 Å². The number of non-ortho nitro benzene ring substituents is 1. The zero-order valence-corrected chi connectivity index (χ0v) is 17.3. The number of thiazole rings is 1. The van der Waals surface area contributed by atoms with Crippen molar-refractivity contribution in [1.29, 1.82) is 0 Å². The Hall–Kier alpha value is -3.85. The molecule has 0 N–H and O–H groups in total. The van der Waals surface area contributed by atoms with Crippen LogP contribution in [-0.4, -0.2) is 15.8 Å². The molecule has 1 aliphatic rings. The summed E-state index contributed by atoms with van der Waals surface area (Å²) in [4.78, 5) is 44.3. The Morgan fingerprint density at radius 3 is 2.45 bits per heavy atom. The molecule has 1 amide bonds. The van der Waals surface area contributed by atoms with Crippen LogP contribution in [0.3, 0.4) is 0 Å². The second-order valence-electron chi connectivity index (χ2n) is 7.23. The molecule has 154 valence electrons. The Morgan fingerprint density at radius 2 is 1.81 bits per heavy atom. The quantitative estimate of drug-likeness (QED) is 0.347. The number of hydrogen-bond donors (Lipinski definition) is 0. The fourth-order valence-electron chi connectivity index (χ4n) is 3.77. The lowest BCUT2D eigenvalue weighted by Gasteiger charge is -2.22. The van der Waals surface area contributed by atoms with Gasteiger partial charge >= 0.3 is 0 Å². The molecule has 0 radical (unpaired) electrons. The summed E-state index contributed by atoms with van der Waals surface area (Å²) in [5.41, 5.74) is 1.51. The lowest BCUT2D eigenvalue weighted by molar-refractivity contribution is -0.384. The van der Waals surface area contributed by atoms with E-state index < -0.39 is 16.9 Å². The highest BCUT2D eigenvalue weighted by Crippen LogP contribution is 2.43. The first-order valence-corrected chi connectivity index (χ1v) is 10.3. The van der Waals surface area contributed by atoms with Gasteiger partial charge in [0.2, 0.25) is 5.76 Å². The number of nitro groups is 1. The van der Waals surface area contributed by atoms with Crippen LogP contribution in [0.25, 0.3) is 11.0 Å². The molecule has 5 rings (SSSR count). The van der Waals surface area contributed by atoms with E-state index in [1.54, 1.807) is 36.4 Å². The van der Waals surface area contributed by atoms with Crippen molar-refractivity contribution in [2.75, 3.05) is 4.90 Å². The maximum atomic E-state index is 13.4. The summed E-state index contributed by atoms with van der Waals surface area (Å²) in [6.07, 6.45) is 0. The molecule has 4 aromatic rings.